The van der Waals surface area contributed by atoms with Gasteiger partial charge in [0.15, 0.2) is 0 Å². The van der Waals surface area contributed by atoms with Gasteiger partial charge in [-0.05, 0) is 6.42 Å². The Morgan fingerprint density at radius 3 is 3.08 bits per heavy atom. The highest BCUT2D eigenvalue weighted by Gasteiger charge is 2.00. The first-order valence-corrected chi connectivity index (χ1v) is 4.01. The lowest BCUT2D eigenvalue weighted by molar-refractivity contribution is 0.287. The smallest absolute Gasteiger partial charge is 0.254 e. The second kappa shape index (κ2) is 4.61. The van der Waals surface area contributed by atoms with Gasteiger partial charge >= 0.3 is 0 Å². The molecule has 2 N–H and O–H groups in total. The average Bonchev–Trinajstić information content (AvgIpc) is 2.14. The van der Waals surface area contributed by atoms with Gasteiger partial charge in [0.2, 0.25) is 5.88 Å². The number of aromatic nitrogens is 2. The molecule has 0 aliphatic heterocycles. The van der Waals surface area contributed by atoms with Gasteiger partial charge in [0.25, 0.3) is 5.56 Å². The van der Waals surface area contributed by atoms with Crippen LogP contribution in [0.5, 0.6) is 5.88 Å². The Morgan fingerprint density at radius 1 is 1.69 bits per heavy atom. The Morgan fingerprint density at radius 2 is 2.46 bits per heavy atom. The van der Waals surface area contributed by atoms with Crippen LogP contribution < -0.4 is 10.3 Å². The second-order valence-electron chi connectivity index (χ2n) is 2.56. The highest BCUT2D eigenvalue weighted by molar-refractivity contribution is 5.08. The lowest BCUT2D eigenvalue weighted by atomic mass is 10.3. The highest BCUT2D eigenvalue weighted by atomic mass is 16.5. The summed E-state index contributed by atoms with van der Waals surface area (Å²) in [6, 6.07) is 1.28. The Bertz CT molecular complexity index is 321. The first-order valence-electron chi connectivity index (χ1n) is 4.01. The third-order valence-electron chi connectivity index (χ3n) is 1.55. The average molecular weight is 184 g/mol. The lowest BCUT2D eigenvalue weighted by Crippen LogP contribution is -2.11. The number of nitrogens with one attached hydrogen (secondary N) is 1. The first kappa shape index (κ1) is 9.73. The van der Waals surface area contributed by atoms with Gasteiger partial charge in [-0.25, -0.2) is 4.98 Å². The van der Waals surface area contributed by atoms with Gasteiger partial charge in [0.05, 0.1) is 13.2 Å². The van der Waals surface area contributed by atoms with Crippen LogP contribution in [0.4, 0.5) is 0 Å². The van der Waals surface area contributed by atoms with Crippen LogP contribution in [0.2, 0.25) is 0 Å². The van der Waals surface area contributed by atoms with Crippen molar-refractivity contribution in [3.63, 3.8) is 0 Å². The highest BCUT2D eigenvalue weighted by Crippen LogP contribution is 2.01. The van der Waals surface area contributed by atoms with E-state index in [-0.39, 0.29) is 12.2 Å². The number of methoxy groups -OCH3 is 1. The second-order valence-corrected chi connectivity index (χ2v) is 2.56. The van der Waals surface area contributed by atoms with E-state index in [0.29, 0.717) is 24.5 Å². The molecular formula is C8H12N2O3. The molecule has 0 aliphatic rings. The van der Waals surface area contributed by atoms with Gasteiger partial charge in [0, 0.05) is 13.0 Å². The molecule has 1 aromatic rings. The van der Waals surface area contributed by atoms with E-state index in [1.54, 1.807) is 0 Å². The molecule has 0 spiro atoms. The number of aryl methyl sites for hydroxylation is 1. The zero-order chi connectivity index (χ0) is 9.68. The topological polar surface area (TPSA) is 75.2 Å². The number of ether oxygens (including phenoxy) is 1. The number of hydrogen-bond donors (Lipinski definition) is 2. The maximum atomic E-state index is 11.0. The minimum Gasteiger partial charge on any atom is -0.481 e. The van der Waals surface area contributed by atoms with Crippen LogP contribution in [0, 0.1) is 0 Å². The summed E-state index contributed by atoms with van der Waals surface area (Å²) in [5, 5.41) is 8.57. The van der Waals surface area contributed by atoms with Crippen LogP contribution in [0.15, 0.2) is 10.9 Å². The number of aromatic amines is 1. The fraction of sp³-hybridized carbons (Fsp3) is 0.500. The van der Waals surface area contributed by atoms with Crippen molar-refractivity contribution >= 4 is 0 Å². The van der Waals surface area contributed by atoms with Crippen molar-refractivity contribution in [2.75, 3.05) is 13.7 Å². The molecule has 5 nitrogen and oxygen atoms in total. The summed E-state index contributed by atoms with van der Waals surface area (Å²) in [5.74, 6) is 0.843. The Kier molecular flexibility index (Phi) is 3.45. The molecule has 1 heterocycles. The molecule has 1 rings (SSSR count). The monoisotopic (exact) mass is 184 g/mol. The number of rotatable bonds is 4. The summed E-state index contributed by atoms with van der Waals surface area (Å²) in [7, 11) is 1.46. The molecule has 0 saturated carbocycles. The van der Waals surface area contributed by atoms with Crippen molar-refractivity contribution in [2.24, 2.45) is 0 Å². The van der Waals surface area contributed by atoms with Crippen molar-refractivity contribution < 1.29 is 9.84 Å². The predicted molar refractivity (Wildman–Crippen MR) is 46.8 cm³/mol. The molecule has 0 aromatic carbocycles. The predicted octanol–water partition coefficient (Wildman–Crippen LogP) is -0.297. The van der Waals surface area contributed by atoms with E-state index in [2.05, 4.69) is 9.97 Å². The molecule has 0 unspecified atom stereocenters. The third-order valence-corrected chi connectivity index (χ3v) is 1.55. The SMILES string of the molecule is COc1cc(=O)[nH]c(CCCO)n1. The molecule has 0 fully saturated rings. The summed E-state index contributed by atoms with van der Waals surface area (Å²) in [4.78, 5) is 17.6. The molecule has 1 aromatic heterocycles. The minimum absolute atomic E-state index is 0.0842. The number of hydrogen-bond acceptors (Lipinski definition) is 4. The van der Waals surface area contributed by atoms with Gasteiger partial charge in [-0.3, -0.25) is 4.79 Å². The zero-order valence-corrected chi connectivity index (χ0v) is 7.41. The molecule has 0 aliphatic carbocycles. The molecule has 0 saturated heterocycles. The van der Waals surface area contributed by atoms with E-state index >= 15 is 0 Å². The standard InChI is InChI=1S/C8H12N2O3/c1-13-8-5-7(12)9-6(10-8)3-2-4-11/h5,11H,2-4H2,1H3,(H,9,10,12). The fourth-order valence-electron chi connectivity index (χ4n) is 0.953. The molecule has 5 heteroatoms. The molecule has 13 heavy (non-hydrogen) atoms. The van der Waals surface area contributed by atoms with Crippen LogP contribution in [0.25, 0.3) is 0 Å². The quantitative estimate of drug-likeness (QED) is 0.673. The summed E-state index contributed by atoms with van der Waals surface area (Å²) >= 11 is 0. The van der Waals surface area contributed by atoms with E-state index in [1.165, 1.54) is 13.2 Å². The van der Waals surface area contributed by atoms with E-state index in [4.69, 9.17) is 9.84 Å². The van der Waals surface area contributed by atoms with Crippen molar-refractivity contribution in [3.05, 3.63) is 22.2 Å². The maximum absolute atomic E-state index is 11.0. The Hall–Kier alpha value is -1.36. The van der Waals surface area contributed by atoms with Gasteiger partial charge in [0.1, 0.15) is 5.82 Å². The van der Waals surface area contributed by atoms with Crippen LogP contribution in [0.1, 0.15) is 12.2 Å². The molecule has 0 bridgehead atoms. The summed E-state index contributed by atoms with van der Waals surface area (Å²) < 4.78 is 4.82. The largest absolute Gasteiger partial charge is 0.481 e. The molecular weight excluding hydrogens is 172 g/mol. The van der Waals surface area contributed by atoms with Crippen LogP contribution in [-0.2, 0) is 6.42 Å². The van der Waals surface area contributed by atoms with E-state index in [0.717, 1.165) is 0 Å². The van der Waals surface area contributed by atoms with Crippen molar-refractivity contribution in [1.82, 2.24) is 9.97 Å². The van der Waals surface area contributed by atoms with Crippen molar-refractivity contribution in [2.45, 2.75) is 12.8 Å². The summed E-state index contributed by atoms with van der Waals surface area (Å²) in [6.07, 6.45) is 1.12. The number of nitrogens with zero attached hydrogens (tertiary/aromatic N) is 1. The van der Waals surface area contributed by atoms with Crippen LogP contribution in [0.3, 0.4) is 0 Å². The van der Waals surface area contributed by atoms with Crippen LogP contribution in [-0.4, -0.2) is 28.8 Å². The minimum atomic E-state index is -0.236. The molecule has 0 atom stereocenters. The third kappa shape index (κ3) is 2.87. The van der Waals surface area contributed by atoms with Gasteiger partial charge in [-0.1, -0.05) is 0 Å². The molecule has 0 radical (unpaired) electrons. The normalized spacial score (nSPS) is 10.0. The first-order chi connectivity index (χ1) is 6.26. The Labute approximate surface area is 75.4 Å². The van der Waals surface area contributed by atoms with Crippen molar-refractivity contribution in [3.8, 4) is 5.88 Å². The van der Waals surface area contributed by atoms with E-state index in [1.807, 2.05) is 0 Å². The molecule has 72 valence electrons. The zero-order valence-electron chi connectivity index (χ0n) is 7.41. The lowest BCUT2D eigenvalue weighted by Gasteiger charge is -2.01. The maximum Gasteiger partial charge on any atom is 0.254 e. The van der Waals surface area contributed by atoms with Gasteiger partial charge in [-0.2, -0.15) is 0 Å². The van der Waals surface area contributed by atoms with E-state index < -0.39 is 0 Å². The van der Waals surface area contributed by atoms with Gasteiger partial charge < -0.3 is 14.8 Å². The van der Waals surface area contributed by atoms with Gasteiger partial charge in [-0.15, -0.1) is 0 Å². The number of aliphatic hydroxyl groups excluding tert-OH is 1. The van der Waals surface area contributed by atoms with Crippen molar-refractivity contribution in [1.29, 1.82) is 0 Å². The number of H-pyrrole nitrogens is 1. The van der Waals surface area contributed by atoms with Crippen LogP contribution >= 0.6 is 0 Å². The number of aliphatic hydroxyl groups is 1. The van der Waals surface area contributed by atoms with E-state index in [9.17, 15) is 4.79 Å². The molecule has 0 amide bonds. The summed E-state index contributed by atoms with van der Waals surface area (Å²) in [5.41, 5.74) is -0.236. The summed E-state index contributed by atoms with van der Waals surface area (Å²) in [6.45, 7) is 0.0842. The Balaban J connectivity index is 2.82. The fourth-order valence-corrected chi connectivity index (χ4v) is 0.953.